The van der Waals surface area contributed by atoms with Crippen molar-refractivity contribution in [2.45, 2.75) is 20.4 Å². The number of hydrogen-bond donors (Lipinski definition) is 1. The molecule has 0 saturated carbocycles. The van der Waals surface area contributed by atoms with E-state index in [9.17, 15) is 9.59 Å². The molecule has 1 amide bonds. The monoisotopic (exact) mass is 395 g/mol. The van der Waals surface area contributed by atoms with Gasteiger partial charge in [0.15, 0.2) is 0 Å². The third kappa shape index (κ3) is 6.41. The van der Waals surface area contributed by atoms with Gasteiger partial charge in [-0.05, 0) is 43.7 Å². The van der Waals surface area contributed by atoms with Crippen LogP contribution in [-0.4, -0.2) is 61.0 Å². The van der Waals surface area contributed by atoms with Crippen molar-refractivity contribution in [3.8, 4) is 0 Å². The Balaban J connectivity index is 1.41. The molecule has 0 aliphatic carbocycles. The highest BCUT2D eigenvalue weighted by atomic mass is 16.5. The number of piperazine rings is 1. The van der Waals surface area contributed by atoms with Gasteiger partial charge in [0.2, 0.25) is 5.91 Å². The van der Waals surface area contributed by atoms with Crippen LogP contribution in [0.3, 0.4) is 0 Å². The summed E-state index contributed by atoms with van der Waals surface area (Å²) in [6.45, 7) is 9.20. The van der Waals surface area contributed by atoms with Crippen LogP contribution < -0.4 is 5.32 Å². The van der Waals surface area contributed by atoms with Gasteiger partial charge in [-0.25, -0.2) is 4.79 Å². The van der Waals surface area contributed by atoms with Crippen LogP contribution in [0, 0.1) is 6.92 Å². The first-order valence-electron chi connectivity index (χ1n) is 10.1. The standard InChI is InChI=1S/C23H29N3O3/c1-3-29-23(28)20-8-10-21(11-9-20)24-22(27)17-26-14-12-25(13-15-26)16-19-6-4-18(2)5-7-19/h4-11H,3,12-17H2,1-2H3,(H,24,27). The zero-order chi connectivity index (χ0) is 20.6. The third-order valence-corrected chi connectivity index (χ3v) is 5.04. The van der Waals surface area contributed by atoms with Crippen LogP contribution in [0.25, 0.3) is 0 Å². The molecule has 0 atom stereocenters. The van der Waals surface area contributed by atoms with Gasteiger partial charge in [-0.1, -0.05) is 29.8 Å². The van der Waals surface area contributed by atoms with Gasteiger partial charge in [-0.3, -0.25) is 14.6 Å². The van der Waals surface area contributed by atoms with E-state index in [1.165, 1.54) is 11.1 Å². The van der Waals surface area contributed by atoms with Crippen molar-refractivity contribution in [2.75, 3.05) is 44.6 Å². The fourth-order valence-corrected chi connectivity index (χ4v) is 3.36. The molecule has 1 heterocycles. The smallest absolute Gasteiger partial charge is 0.338 e. The Labute approximate surface area is 172 Å². The molecule has 0 bridgehead atoms. The van der Waals surface area contributed by atoms with E-state index in [1.807, 2.05) is 0 Å². The summed E-state index contributed by atoms with van der Waals surface area (Å²) < 4.78 is 4.96. The van der Waals surface area contributed by atoms with Crippen LogP contribution >= 0.6 is 0 Å². The Morgan fingerprint density at radius 2 is 1.55 bits per heavy atom. The second kappa shape index (κ2) is 10.2. The highest BCUT2D eigenvalue weighted by molar-refractivity contribution is 5.94. The molecule has 3 rings (SSSR count). The van der Waals surface area contributed by atoms with Gasteiger partial charge in [0.1, 0.15) is 0 Å². The van der Waals surface area contributed by atoms with E-state index in [-0.39, 0.29) is 11.9 Å². The largest absolute Gasteiger partial charge is 0.462 e. The maximum Gasteiger partial charge on any atom is 0.338 e. The summed E-state index contributed by atoms with van der Waals surface area (Å²) >= 11 is 0. The number of aryl methyl sites for hydroxylation is 1. The lowest BCUT2D eigenvalue weighted by Gasteiger charge is -2.34. The van der Waals surface area contributed by atoms with Crippen LogP contribution in [-0.2, 0) is 16.1 Å². The quantitative estimate of drug-likeness (QED) is 0.731. The molecule has 29 heavy (non-hydrogen) atoms. The van der Waals surface area contributed by atoms with E-state index in [2.05, 4.69) is 46.3 Å². The van der Waals surface area contributed by atoms with E-state index >= 15 is 0 Å². The van der Waals surface area contributed by atoms with E-state index < -0.39 is 0 Å². The summed E-state index contributed by atoms with van der Waals surface area (Å²) in [6.07, 6.45) is 0. The summed E-state index contributed by atoms with van der Waals surface area (Å²) in [6, 6.07) is 15.4. The first-order valence-corrected chi connectivity index (χ1v) is 10.1. The Morgan fingerprint density at radius 1 is 0.931 bits per heavy atom. The van der Waals surface area contributed by atoms with E-state index in [1.54, 1.807) is 31.2 Å². The third-order valence-electron chi connectivity index (χ3n) is 5.04. The van der Waals surface area contributed by atoms with Gasteiger partial charge in [0, 0.05) is 38.4 Å². The van der Waals surface area contributed by atoms with Gasteiger partial charge >= 0.3 is 5.97 Å². The van der Waals surface area contributed by atoms with Gasteiger partial charge in [0.25, 0.3) is 0 Å². The van der Waals surface area contributed by atoms with Gasteiger partial charge < -0.3 is 10.1 Å². The number of esters is 1. The minimum Gasteiger partial charge on any atom is -0.462 e. The van der Waals surface area contributed by atoms with Crippen molar-refractivity contribution in [1.82, 2.24) is 9.80 Å². The number of nitrogens with one attached hydrogen (secondary N) is 1. The number of carbonyl (C=O) groups is 2. The van der Waals surface area contributed by atoms with Crippen LogP contribution in [0.4, 0.5) is 5.69 Å². The fraction of sp³-hybridized carbons (Fsp3) is 0.391. The lowest BCUT2D eigenvalue weighted by atomic mass is 10.1. The van der Waals surface area contributed by atoms with Crippen LogP contribution in [0.5, 0.6) is 0 Å². The van der Waals surface area contributed by atoms with Gasteiger partial charge in [-0.2, -0.15) is 0 Å². The van der Waals surface area contributed by atoms with Gasteiger partial charge in [0.05, 0.1) is 18.7 Å². The zero-order valence-electron chi connectivity index (χ0n) is 17.2. The summed E-state index contributed by atoms with van der Waals surface area (Å²) in [5, 5.41) is 2.90. The molecule has 1 fully saturated rings. The molecule has 0 aromatic heterocycles. The second-order valence-corrected chi connectivity index (χ2v) is 7.38. The van der Waals surface area contributed by atoms with Crippen LogP contribution in [0.2, 0.25) is 0 Å². The van der Waals surface area contributed by atoms with Crippen molar-refractivity contribution in [3.05, 3.63) is 65.2 Å². The van der Waals surface area contributed by atoms with E-state index in [0.717, 1.165) is 32.7 Å². The molecule has 2 aromatic rings. The average Bonchev–Trinajstić information content (AvgIpc) is 2.72. The maximum absolute atomic E-state index is 12.3. The molecule has 6 heteroatoms. The number of amides is 1. The summed E-state index contributed by atoms with van der Waals surface area (Å²) in [7, 11) is 0. The Bertz CT molecular complexity index is 810. The van der Waals surface area contributed by atoms with Crippen molar-refractivity contribution >= 4 is 17.6 Å². The Morgan fingerprint density at radius 3 is 2.17 bits per heavy atom. The topological polar surface area (TPSA) is 61.9 Å². The molecule has 0 radical (unpaired) electrons. The minimum absolute atomic E-state index is 0.0409. The molecule has 0 spiro atoms. The predicted molar refractivity (Wildman–Crippen MR) is 114 cm³/mol. The molecule has 154 valence electrons. The SMILES string of the molecule is CCOC(=O)c1ccc(NC(=O)CN2CCN(Cc3ccc(C)cc3)CC2)cc1. The van der Waals surface area contributed by atoms with E-state index in [0.29, 0.717) is 24.4 Å². The number of benzene rings is 2. The van der Waals surface area contributed by atoms with Crippen LogP contribution in [0.15, 0.2) is 48.5 Å². The minimum atomic E-state index is -0.353. The first-order chi connectivity index (χ1) is 14.0. The van der Waals surface area contributed by atoms with E-state index in [4.69, 9.17) is 4.74 Å². The summed E-state index contributed by atoms with van der Waals surface area (Å²) in [5.74, 6) is -0.394. The second-order valence-electron chi connectivity index (χ2n) is 7.38. The summed E-state index contributed by atoms with van der Waals surface area (Å²) in [4.78, 5) is 28.6. The molecule has 1 N–H and O–H groups in total. The molecule has 2 aromatic carbocycles. The van der Waals surface area contributed by atoms with Crippen molar-refractivity contribution in [3.63, 3.8) is 0 Å². The number of rotatable bonds is 7. The normalized spacial score (nSPS) is 15.1. The van der Waals surface area contributed by atoms with Crippen LogP contribution in [0.1, 0.15) is 28.4 Å². The molecule has 1 saturated heterocycles. The average molecular weight is 396 g/mol. The highest BCUT2D eigenvalue weighted by Gasteiger charge is 2.19. The molecule has 6 nitrogen and oxygen atoms in total. The lowest BCUT2D eigenvalue weighted by molar-refractivity contribution is -0.117. The fourth-order valence-electron chi connectivity index (χ4n) is 3.36. The van der Waals surface area contributed by atoms with Crippen molar-refractivity contribution < 1.29 is 14.3 Å². The first kappa shape index (κ1) is 21.0. The summed E-state index contributed by atoms with van der Waals surface area (Å²) in [5.41, 5.74) is 3.77. The molecular formula is C23H29N3O3. The van der Waals surface area contributed by atoms with Crippen molar-refractivity contribution in [2.24, 2.45) is 0 Å². The lowest BCUT2D eigenvalue weighted by Crippen LogP contribution is -2.48. The number of ether oxygens (including phenoxy) is 1. The molecule has 1 aliphatic rings. The number of carbonyl (C=O) groups excluding carboxylic acids is 2. The Hall–Kier alpha value is -2.70. The number of nitrogens with zero attached hydrogens (tertiary/aromatic N) is 2. The molecule has 0 unspecified atom stereocenters. The van der Waals surface area contributed by atoms with Gasteiger partial charge in [-0.15, -0.1) is 0 Å². The number of anilines is 1. The predicted octanol–water partition coefficient (Wildman–Crippen LogP) is 2.93. The molecule has 1 aliphatic heterocycles. The van der Waals surface area contributed by atoms with Crippen molar-refractivity contribution in [1.29, 1.82) is 0 Å². The zero-order valence-corrected chi connectivity index (χ0v) is 17.2. The maximum atomic E-state index is 12.3. The number of hydrogen-bond acceptors (Lipinski definition) is 5. The highest BCUT2D eigenvalue weighted by Crippen LogP contribution is 2.12. The Kier molecular flexibility index (Phi) is 7.38. The molecular weight excluding hydrogens is 366 g/mol.